The molecule has 0 unspecified atom stereocenters. The first kappa shape index (κ1) is 34.6. The minimum absolute atomic E-state index is 0.122. The second kappa shape index (κ2) is 13.0. The zero-order valence-electron chi connectivity index (χ0n) is 33.6. The molecule has 1 aliphatic heterocycles. The van der Waals surface area contributed by atoms with Gasteiger partial charge in [0.25, 0.3) is 0 Å². The third kappa shape index (κ3) is 4.82. The molecule has 60 heavy (non-hydrogen) atoms. The molecule has 3 aliphatic rings. The summed E-state index contributed by atoms with van der Waals surface area (Å²) in [5, 5.41) is 0. The normalized spacial score (nSPS) is 14.2. The first-order valence-electron chi connectivity index (χ1n) is 20.9. The Morgan fingerprint density at radius 1 is 0.350 bits per heavy atom. The minimum Gasteiger partial charge on any atom is -0.457 e. The largest absolute Gasteiger partial charge is 0.457 e. The van der Waals surface area contributed by atoms with Crippen LogP contribution in [0.1, 0.15) is 47.2 Å². The monoisotopic (exact) mass is 767 g/mol. The molecule has 0 radical (unpaired) electrons. The lowest BCUT2D eigenvalue weighted by Crippen LogP contribution is -2.32. The van der Waals surface area contributed by atoms with E-state index in [0.29, 0.717) is 0 Å². The van der Waals surface area contributed by atoms with Gasteiger partial charge in [0.05, 0.1) is 11.1 Å². The lowest BCUT2D eigenvalue weighted by atomic mass is 9.66. The molecule has 1 heterocycles. The van der Waals surface area contributed by atoms with Crippen molar-refractivity contribution in [2.24, 2.45) is 0 Å². The van der Waals surface area contributed by atoms with Crippen LogP contribution in [0.15, 0.2) is 212 Å². The molecule has 0 saturated heterocycles. The van der Waals surface area contributed by atoms with Gasteiger partial charge in [-0.1, -0.05) is 184 Å². The highest BCUT2D eigenvalue weighted by Crippen LogP contribution is 2.63. The number of hydrogen-bond acceptors (Lipinski definition) is 2. The van der Waals surface area contributed by atoms with Crippen molar-refractivity contribution in [1.82, 2.24) is 0 Å². The number of rotatable bonds is 5. The van der Waals surface area contributed by atoms with E-state index in [2.05, 4.69) is 231 Å². The van der Waals surface area contributed by atoms with Crippen LogP contribution in [0, 0.1) is 0 Å². The number of para-hydroxylation sites is 3. The maximum absolute atomic E-state index is 6.60. The summed E-state index contributed by atoms with van der Waals surface area (Å²) in [6.45, 7) is 4.72. The van der Waals surface area contributed by atoms with Crippen molar-refractivity contribution in [3.63, 3.8) is 0 Å². The van der Waals surface area contributed by atoms with Gasteiger partial charge in [-0.25, -0.2) is 0 Å². The molecule has 2 aliphatic carbocycles. The molecule has 12 rings (SSSR count). The second-order valence-electron chi connectivity index (χ2n) is 16.8. The molecule has 0 atom stereocenters. The molecule has 0 saturated carbocycles. The van der Waals surface area contributed by atoms with Crippen molar-refractivity contribution in [2.45, 2.75) is 24.7 Å². The van der Waals surface area contributed by atoms with E-state index in [9.17, 15) is 0 Å². The summed E-state index contributed by atoms with van der Waals surface area (Å²) in [5.74, 6) is 1.81. The van der Waals surface area contributed by atoms with Crippen LogP contribution in [-0.4, -0.2) is 0 Å². The highest BCUT2D eigenvalue weighted by molar-refractivity contribution is 5.97. The maximum atomic E-state index is 6.60. The fourth-order valence-electron chi connectivity index (χ4n) is 10.7. The Bertz CT molecular complexity index is 3110. The van der Waals surface area contributed by atoms with Crippen molar-refractivity contribution in [2.75, 3.05) is 4.90 Å². The number of nitrogens with zero attached hydrogens (tertiary/aromatic N) is 1. The van der Waals surface area contributed by atoms with Gasteiger partial charge in [0.1, 0.15) is 11.5 Å². The van der Waals surface area contributed by atoms with Gasteiger partial charge in [-0.15, -0.1) is 0 Å². The van der Waals surface area contributed by atoms with E-state index in [1.165, 1.54) is 77.9 Å². The molecule has 9 aromatic rings. The summed E-state index contributed by atoms with van der Waals surface area (Å²) in [5.41, 5.74) is 20.4. The van der Waals surface area contributed by atoms with Crippen LogP contribution in [0.25, 0.3) is 44.5 Å². The molecular weight excluding hydrogens is 727 g/mol. The van der Waals surface area contributed by atoms with Crippen LogP contribution in [0.5, 0.6) is 11.5 Å². The van der Waals surface area contributed by atoms with Gasteiger partial charge in [-0.05, 0) is 104 Å². The van der Waals surface area contributed by atoms with Gasteiger partial charge in [0.2, 0.25) is 0 Å². The summed E-state index contributed by atoms with van der Waals surface area (Å²) in [4.78, 5) is 2.45. The van der Waals surface area contributed by atoms with E-state index in [1.54, 1.807) is 0 Å². The summed E-state index contributed by atoms with van der Waals surface area (Å²) in [6.07, 6.45) is 0. The van der Waals surface area contributed by atoms with E-state index < -0.39 is 5.41 Å². The van der Waals surface area contributed by atoms with Crippen molar-refractivity contribution in [1.29, 1.82) is 0 Å². The number of benzene rings is 9. The highest BCUT2D eigenvalue weighted by Gasteiger charge is 2.51. The number of anilines is 3. The average molecular weight is 768 g/mol. The quantitative estimate of drug-likeness (QED) is 0.173. The SMILES string of the molecule is CC1(C)c2ccccc2-c2ccc(N(c3ccc(-c4cccc5c4-c4ccccc4C54c5ccccc5Oc5ccccc54)cc3)c3ccccc3-c3ccccc3)cc21. The topological polar surface area (TPSA) is 12.5 Å². The first-order chi connectivity index (χ1) is 29.5. The Morgan fingerprint density at radius 2 is 0.867 bits per heavy atom. The lowest BCUT2D eigenvalue weighted by molar-refractivity contribution is 0.436. The van der Waals surface area contributed by atoms with Crippen LogP contribution in [0.4, 0.5) is 17.1 Å². The Labute approximate surface area is 351 Å². The Balaban J connectivity index is 1.04. The number of hydrogen-bond donors (Lipinski definition) is 0. The molecular formula is C58H41NO. The lowest BCUT2D eigenvalue weighted by Gasteiger charge is -2.39. The van der Waals surface area contributed by atoms with Crippen molar-refractivity contribution in [3.05, 3.63) is 246 Å². The van der Waals surface area contributed by atoms with E-state index in [4.69, 9.17) is 4.74 Å². The van der Waals surface area contributed by atoms with Crippen molar-refractivity contribution in [3.8, 4) is 56.0 Å². The van der Waals surface area contributed by atoms with Gasteiger partial charge in [-0.2, -0.15) is 0 Å². The smallest absolute Gasteiger partial charge is 0.132 e. The van der Waals surface area contributed by atoms with Gasteiger partial charge < -0.3 is 9.64 Å². The number of fused-ring (bicyclic) bond motifs is 12. The van der Waals surface area contributed by atoms with E-state index in [0.717, 1.165) is 28.6 Å². The van der Waals surface area contributed by atoms with E-state index in [-0.39, 0.29) is 5.41 Å². The van der Waals surface area contributed by atoms with Crippen LogP contribution in [-0.2, 0) is 10.8 Å². The Hall–Kier alpha value is -7.42. The van der Waals surface area contributed by atoms with Crippen molar-refractivity contribution >= 4 is 17.1 Å². The molecule has 9 aromatic carbocycles. The van der Waals surface area contributed by atoms with Gasteiger partial charge >= 0.3 is 0 Å². The number of ether oxygens (including phenoxy) is 1. The van der Waals surface area contributed by atoms with Gasteiger partial charge in [-0.3, -0.25) is 0 Å². The molecule has 0 bridgehead atoms. The van der Waals surface area contributed by atoms with Gasteiger partial charge in [0, 0.05) is 33.5 Å². The minimum atomic E-state index is -0.508. The summed E-state index contributed by atoms with van der Waals surface area (Å²) in [6, 6.07) is 77.7. The zero-order chi connectivity index (χ0) is 40.0. The molecule has 0 N–H and O–H groups in total. The standard InChI is InChI=1S/C58H41NO/c1-57(2)47-23-9-6-20-44(47)45-36-35-41(37-52(45)57)59(53-28-13-8-19-42(53)38-17-4-3-5-18-38)40-33-31-39(32-34-40)43-22-16-27-51-56(43)46-21-7-10-24-48(46)58(51)49-25-11-14-29-54(49)60-55-30-15-12-26-50(55)58/h3-37H,1-2H3. The van der Waals surface area contributed by atoms with Gasteiger partial charge in [0.15, 0.2) is 0 Å². The van der Waals surface area contributed by atoms with Crippen LogP contribution in [0.3, 0.4) is 0 Å². The zero-order valence-corrected chi connectivity index (χ0v) is 33.6. The first-order valence-corrected chi connectivity index (χ1v) is 20.9. The summed E-state index contributed by atoms with van der Waals surface area (Å²) >= 11 is 0. The van der Waals surface area contributed by atoms with Crippen LogP contribution >= 0.6 is 0 Å². The third-order valence-electron chi connectivity index (χ3n) is 13.4. The predicted octanol–water partition coefficient (Wildman–Crippen LogP) is 15.3. The van der Waals surface area contributed by atoms with Crippen LogP contribution in [0.2, 0.25) is 0 Å². The maximum Gasteiger partial charge on any atom is 0.132 e. The third-order valence-corrected chi connectivity index (χ3v) is 13.4. The molecule has 2 heteroatoms. The fraction of sp³-hybridized carbons (Fsp3) is 0.0690. The van der Waals surface area contributed by atoms with Crippen LogP contribution < -0.4 is 9.64 Å². The average Bonchev–Trinajstić information content (AvgIpc) is 3.73. The van der Waals surface area contributed by atoms with E-state index >= 15 is 0 Å². The Kier molecular flexibility index (Phi) is 7.52. The molecule has 0 aromatic heterocycles. The molecule has 0 amide bonds. The molecule has 2 nitrogen and oxygen atoms in total. The van der Waals surface area contributed by atoms with E-state index in [1.807, 2.05) is 0 Å². The second-order valence-corrected chi connectivity index (χ2v) is 16.8. The Morgan fingerprint density at radius 3 is 1.60 bits per heavy atom. The predicted molar refractivity (Wildman–Crippen MR) is 247 cm³/mol. The van der Waals surface area contributed by atoms with Crippen molar-refractivity contribution < 1.29 is 4.74 Å². The highest BCUT2D eigenvalue weighted by atomic mass is 16.5. The fourth-order valence-corrected chi connectivity index (χ4v) is 10.7. The summed E-state index contributed by atoms with van der Waals surface area (Å²) < 4.78 is 6.60. The molecule has 284 valence electrons. The summed E-state index contributed by atoms with van der Waals surface area (Å²) in [7, 11) is 0. The molecule has 0 fully saturated rings. The molecule has 1 spiro atoms.